The Hall–Kier alpha value is -1.22. The van der Waals surface area contributed by atoms with Crippen molar-refractivity contribution in [3.8, 4) is 0 Å². The van der Waals surface area contributed by atoms with Gasteiger partial charge in [-0.3, -0.25) is 0 Å². The zero-order chi connectivity index (χ0) is 13.3. The summed E-state index contributed by atoms with van der Waals surface area (Å²) in [6, 6.07) is 8.45. The van der Waals surface area contributed by atoms with E-state index in [1.165, 1.54) is 5.56 Å². The quantitative estimate of drug-likeness (QED) is 0.889. The van der Waals surface area contributed by atoms with E-state index in [4.69, 9.17) is 4.74 Å². The normalized spacial score (nSPS) is 21.3. The van der Waals surface area contributed by atoms with E-state index in [9.17, 15) is 4.79 Å². The maximum atomic E-state index is 11.4. The summed E-state index contributed by atoms with van der Waals surface area (Å²) in [5.41, 5.74) is 2.36. The van der Waals surface area contributed by atoms with E-state index >= 15 is 0 Å². The molecule has 0 aromatic heterocycles. The summed E-state index contributed by atoms with van der Waals surface area (Å²) in [7, 11) is 0. The molecule has 4 heteroatoms. The van der Waals surface area contributed by atoms with Crippen molar-refractivity contribution in [3.05, 3.63) is 35.4 Å². The largest absolute Gasteiger partial charge is 0.449 e. The number of nitrogens with one attached hydrogen (secondary N) is 1. The van der Waals surface area contributed by atoms with E-state index in [2.05, 4.69) is 57.3 Å². The summed E-state index contributed by atoms with van der Waals surface area (Å²) in [5, 5.41) is 2.93. The van der Waals surface area contributed by atoms with Crippen molar-refractivity contribution >= 4 is 18.5 Å². The van der Waals surface area contributed by atoms with Gasteiger partial charge in [-0.2, -0.15) is 0 Å². The standard InChI is InChI=1S/C15H21NO2.ClH/c1-10(2)11-6-5-7-12(8-11)13-15(3,4)9-18-14(17)16-13;/h5-8,10,13H,9H2,1-4H3,(H,16,17);1H/t13-;/m0./s1. The van der Waals surface area contributed by atoms with Gasteiger partial charge in [0.1, 0.15) is 6.61 Å². The Morgan fingerprint density at radius 2 is 2.05 bits per heavy atom. The van der Waals surface area contributed by atoms with Gasteiger partial charge in [0.05, 0.1) is 6.04 Å². The lowest BCUT2D eigenvalue weighted by molar-refractivity contribution is 0.0387. The van der Waals surface area contributed by atoms with Crippen LogP contribution >= 0.6 is 12.4 Å². The first-order valence-electron chi connectivity index (χ1n) is 6.43. The number of carbonyl (C=O) groups excluding carboxylic acids is 1. The predicted octanol–water partition coefficient (Wildman–Crippen LogP) is 4.04. The Morgan fingerprint density at radius 3 is 2.68 bits per heavy atom. The number of hydrogen-bond donors (Lipinski definition) is 1. The molecule has 2 rings (SSSR count). The first-order chi connectivity index (χ1) is 8.40. The number of cyclic esters (lactones) is 1. The molecule has 1 aromatic carbocycles. The van der Waals surface area contributed by atoms with Crippen LogP contribution in [0.15, 0.2) is 24.3 Å². The summed E-state index contributed by atoms with van der Waals surface area (Å²) < 4.78 is 5.07. The number of rotatable bonds is 2. The van der Waals surface area contributed by atoms with Crippen molar-refractivity contribution < 1.29 is 9.53 Å². The van der Waals surface area contributed by atoms with Crippen molar-refractivity contribution in [3.63, 3.8) is 0 Å². The number of ether oxygens (including phenoxy) is 1. The molecular formula is C15H22ClNO2. The molecule has 0 saturated carbocycles. The van der Waals surface area contributed by atoms with Crippen molar-refractivity contribution in [1.82, 2.24) is 5.32 Å². The van der Waals surface area contributed by atoms with E-state index in [0.717, 1.165) is 5.56 Å². The van der Waals surface area contributed by atoms with Crippen molar-refractivity contribution in [2.24, 2.45) is 5.41 Å². The summed E-state index contributed by atoms with van der Waals surface area (Å²) >= 11 is 0. The van der Waals surface area contributed by atoms with Crippen LogP contribution in [0.2, 0.25) is 0 Å². The zero-order valence-electron chi connectivity index (χ0n) is 11.9. The second-order valence-electron chi connectivity index (χ2n) is 5.97. The highest BCUT2D eigenvalue weighted by atomic mass is 35.5. The average molecular weight is 284 g/mol. The number of hydrogen-bond acceptors (Lipinski definition) is 2. The molecule has 1 aliphatic rings. The topological polar surface area (TPSA) is 38.3 Å². The van der Waals surface area contributed by atoms with Gasteiger partial charge in [-0.1, -0.05) is 52.0 Å². The smallest absolute Gasteiger partial charge is 0.407 e. The second-order valence-corrected chi connectivity index (χ2v) is 5.97. The number of amides is 1. The Balaban J connectivity index is 0.00000180. The minimum atomic E-state index is -0.325. The van der Waals surface area contributed by atoms with Crippen molar-refractivity contribution in [2.45, 2.75) is 39.7 Å². The van der Waals surface area contributed by atoms with Crippen LogP contribution in [-0.2, 0) is 4.74 Å². The molecule has 0 aliphatic carbocycles. The predicted molar refractivity (Wildman–Crippen MR) is 78.8 cm³/mol. The van der Waals surface area contributed by atoms with E-state index in [0.29, 0.717) is 12.5 Å². The van der Waals surface area contributed by atoms with Gasteiger partial charge in [0.15, 0.2) is 0 Å². The van der Waals surface area contributed by atoms with Crippen LogP contribution in [0.25, 0.3) is 0 Å². The lowest BCUT2D eigenvalue weighted by atomic mass is 9.79. The molecule has 19 heavy (non-hydrogen) atoms. The third kappa shape index (κ3) is 3.41. The molecule has 0 radical (unpaired) electrons. The van der Waals surface area contributed by atoms with Gasteiger partial charge in [-0.25, -0.2) is 4.79 Å². The monoisotopic (exact) mass is 283 g/mol. The highest BCUT2D eigenvalue weighted by Gasteiger charge is 2.37. The molecule has 1 aromatic rings. The molecule has 1 fully saturated rings. The molecule has 0 bridgehead atoms. The van der Waals surface area contributed by atoms with Gasteiger partial charge in [0.25, 0.3) is 0 Å². The molecule has 106 valence electrons. The molecule has 1 heterocycles. The highest BCUT2D eigenvalue weighted by molar-refractivity contribution is 5.85. The summed E-state index contributed by atoms with van der Waals surface area (Å²) in [4.78, 5) is 11.4. The molecule has 1 aliphatic heterocycles. The number of alkyl carbamates (subject to hydrolysis) is 1. The average Bonchev–Trinajstić information content (AvgIpc) is 2.32. The Morgan fingerprint density at radius 1 is 1.37 bits per heavy atom. The van der Waals surface area contributed by atoms with Crippen molar-refractivity contribution in [2.75, 3.05) is 6.61 Å². The minimum Gasteiger partial charge on any atom is -0.449 e. The molecular weight excluding hydrogens is 262 g/mol. The van der Waals surface area contributed by atoms with E-state index in [1.54, 1.807) is 0 Å². The van der Waals surface area contributed by atoms with Gasteiger partial charge >= 0.3 is 6.09 Å². The number of benzene rings is 1. The van der Waals surface area contributed by atoms with Crippen LogP contribution < -0.4 is 5.32 Å². The van der Waals surface area contributed by atoms with Gasteiger partial charge < -0.3 is 10.1 Å². The molecule has 1 saturated heterocycles. The van der Waals surface area contributed by atoms with Gasteiger partial charge in [-0.15, -0.1) is 12.4 Å². The van der Waals surface area contributed by atoms with Crippen molar-refractivity contribution in [1.29, 1.82) is 0 Å². The fourth-order valence-corrected chi connectivity index (χ4v) is 2.32. The van der Waals surface area contributed by atoms with Crippen LogP contribution in [0, 0.1) is 5.41 Å². The number of halogens is 1. The first kappa shape index (κ1) is 15.8. The van der Waals surface area contributed by atoms with Gasteiger partial charge in [0, 0.05) is 5.41 Å². The van der Waals surface area contributed by atoms with Gasteiger partial charge in [-0.05, 0) is 17.0 Å². The van der Waals surface area contributed by atoms with Gasteiger partial charge in [0.2, 0.25) is 0 Å². The zero-order valence-corrected chi connectivity index (χ0v) is 12.7. The third-order valence-electron chi connectivity index (χ3n) is 3.53. The molecule has 0 unspecified atom stereocenters. The molecule has 1 atom stereocenters. The fraction of sp³-hybridized carbons (Fsp3) is 0.533. The van der Waals surface area contributed by atoms with E-state index in [1.807, 2.05) is 0 Å². The summed E-state index contributed by atoms with van der Waals surface area (Å²) in [6.07, 6.45) is -0.325. The van der Waals surface area contributed by atoms with Crippen LogP contribution in [-0.4, -0.2) is 12.7 Å². The van der Waals surface area contributed by atoms with Crippen LogP contribution in [0.4, 0.5) is 4.79 Å². The SMILES string of the molecule is CC(C)c1cccc([C@@H]2NC(=O)OCC2(C)C)c1.Cl. The summed E-state index contributed by atoms with van der Waals surface area (Å²) in [5.74, 6) is 0.489. The van der Waals surface area contributed by atoms with Crippen LogP contribution in [0.3, 0.4) is 0 Å². The molecule has 3 nitrogen and oxygen atoms in total. The molecule has 1 N–H and O–H groups in total. The first-order valence-corrected chi connectivity index (χ1v) is 6.43. The molecule has 0 spiro atoms. The lowest BCUT2D eigenvalue weighted by Crippen LogP contribution is -2.46. The Labute approximate surface area is 121 Å². The third-order valence-corrected chi connectivity index (χ3v) is 3.53. The van der Waals surface area contributed by atoms with Crippen LogP contribution in [0.5, 0.6) is 0 Å². The molecule has 1 amide bonds. The maximum absolute atomic E-state index is 11.4. The van der Waals surface area contributed by atoms with E-state index < -0.39 is 0 Å². The number of carbonyl (C=O) groups is 1. The summed E-state index contributed by atoms with van der Waals surface area (Å²) in [6.45, 7) is 9.02. The minimum absolute atomic E-state index is 0. The highest BCUT2D eigenvalue weighted by Crippen LogP contribution is 2.37. The fourth-order valence-electron chi connectivity index (χ4n) is 2.32. The lowest BCUT2D eigenvalue weighted by Gasteiger charge is -2.38. The van der Waals surface area contributed by atoms with E-state index in [-0.39, 0.29) is 30.0 Å². The van der Waals surface area contributed by atoms with Crippen LogP contribution in [0.1, 0.15) is 50.8 Å². The Kier molecular flexibility index (Phi) is 4.86. The second kappa shape index (κ2) is 5.83. The Bertz CT molecular complexity index is 457. The maximum Gasteiger partial charge on any atom is 0.407 e.